The molecule has 2 aromatic rings. The Balaban J connectivity index is 2.01. The van der Waals surface area contributed by atoms with E-state index in [2.05, 4.69) is 17.1 Å². The number of anilines is 1. The fourth-order valence-corrected chi connectivity index (χ4v) is 2.74. The normalized spacial score (nSPS) is 11.8. The molecule has 2 aromatic carbocycles. The van der Waals surface area contributed by atoms with E-state index in [1.165, 1.54) is 0 Å². The van der Waals surface area contributed by atoms with Gasteiger partial charge in [0.1, 0.15) is 5.75 Å². The molecule has 6 heteroatoms. The predicted molar refractivity (Wildman–Crippen MR) is 102 cm³/mol. The average Bonchev–Trinajstić information content (AvgIpc) is 2.66. The molecule has 0 aromatic heterocycles. The van der Waals surface area contributed by atoms with Crippen LogP contribution in [0.4, 0.5) is 5.69 Å². The van der Waals surface area contributed by atoms with Crippen LogP contribution in [0, 0.1) is 0 Å². The first-order valence-corrected chi connectivity index (χ1v) is 8.52. The van der Waals surface area contributed by atoms with E-state index in [-0.39, 0.29) is 18.5 Å². The molecule has 1 unspecified atom stereocenters. The van der Waals surface area contributed by atoms with Gasteiger partial charge in [0.25, 0.3) is 0 Å². The average molecular weight is 355 g/mol. The third kappa shape index (κ3) is 5.07. The van der Waals surface area contributed by atoms with E-state index in [1.54, 1.807) is 31.4 Å². The van der Waals surface area contributed by atoms with Crippen LogP contribution in [0.3, 0.4) is 0 Å². The lowest BCUT2D eigenvalue weighted by Gasteiger charge is -2.27. The molecule has 0 aliphatic heterocycles. The standard InChI is InChI=1S/C20H25N3O3/c1-4-23(14(2)16-6-5-7-18(12-16)26-3)13-19(24)22-17-10-8-15(9-11-17)20(21)25/h5-12,14H,4,13H2,1-3H3,(H2,21,25)(H,22,24). The summed E-state index contributed by atoms with van der Waals surface area (Å²) in [6, 6.07) is 14.4. The molecule has 0 aliphatic carbocycles. The molecule has 2 amide bonds. The largest absolute Gasteiger partial charge is 0.497 e. The third-order valence-corrected chi connectivity index (χ3v) is 4.33. The second kappa shape index (κ2) is 9.01. The molecule has 0 heterocycles. The molecule has 0 radical (unpaired) electrons. The van der Waals surface area contributed by atoms with E-state index in [0.717, 1.165) is 17.9 Å². The van der Waals surface area contributed by atoms with Gasteiger partial charge in [-0.1, -0.05) is 19.1 Å². The molecular formula is C20H25N3O3. The monoisotopic (exact) mass is 355 g/mol. The summed E-state index contributed by atoms with van der Waals surface area (Å²) in [5.74, 6) is 0.185. The van der Waals surface area contributed by atoms with Crippen LogP contribution in [0.2, 0.25) is 0 Å². The van der Waals surface area contributed by atoms with Crippen molar-refractivity contribution in [2.24, 2.45) is 5.73 Å². The Morgan fingerprint density at radius 3 is 2.46 bits per heavy atom. The van der Waals surface area contributed by atoms with Crippen molar-refractivity contribution in [3.63, 3.8) is 0 Å². The van der Waals surface area contributed by atoms with E-state index in [4.69, 9.17) is 10.5 Å². The number of primary amides is 1. The van der Waals surface area contributed by atoms with Gasteiger partial charge in [0.05, 0.1) is 13.7 Å². The molecule has 0 saturated carbocycles. The van der Waals surface area contributed by atoms with Crippen molar-refractivity contribution in [1.82, 2.24) is 4.90 Å². The SMILES string of the molecule is CCN(CC(=O)Nc1ccc(C(N)=O)cc1)C(C)c1cccc(OC)c1. The number of nitrogens with one attached hydrogen (secondary N) is 1. The first kappa shape index (κ1) is 19.5. The van der Waals surface area contributed by atoms with Gasteiger partial charge in [-0.05, 0) is 55.4 Å². The van der Waals surface area contributed by atoms with Crippen LogP contribution in [-0.2, 0) is 4.79 Å². The number of carbonyl (C=O) groups excluding carboxylic acids is 2. The topological polar surface area (TPSA) is 84.7 Å². The number of amides is 2. The van der Waals surface area contributed by atoms with Gasteiger partial charge in [0.2, 0.25) is 11.8 Å². The smallest absolute Gasteiger partial charge is 0.248 e. The highest BCUT2D eigenvalue weighted by Gasteiger charge is 2.18. The van der Waals surface area contributed by atoms with Gasteiger partial charge in [-0.15, -0.1) is 0 Å². The second-order valence-corrected chi connectivity index (χ2v) is 6.01. The highest BCUT2D eigenvalue weighted by Crippen LogP contribution is 2.23. The van der Waals surface area contributed by atoms with Crippen molar-refractivity contribution in [2.45, 2.75) is 19.9 Å². The minimum atomic E-state index is -0.493. The Morgan fingerprint density at radius 2 is 1.88 bits per heavy atom. The van der Waals surface area contributed by atoms with Crippen LogP contribution < -0.4 is 15.8 Å². The molecule has 2 rings (SSSR count). The summed E-state index contributed by atoms with van der Waals surface area (Å²) in [6.45, 7) is 5.07. The van der Waals surface area contributed by atoms with Crippen LogP contribution >= 0.6 is 0 Å². The summed E-state index contributed by atoms with van der Waals surface area (Å²) < 4.78 is 5.27. The molecule has 138 valence electrons. The molecule has 0 fully saturated rings. The first-order chi connectivity index (χ1) is 12.4. The number of methoxy groups -OCH3 is 1. The number of carbonyl (C=O) groups is 2. The number of likely N-dealkylation sites (N-methyl/N-ethyl adjacent to an activating group) is 1. The van der Waals surface area contributed by atoms with Crippen molar-refractivity contribution >= 4 is 17.5 Å². The lowest BCUT2D eigenvalue weighted by Crippen LogP contribution is -2.35. The lowest BCUT2D eigenvalue weighted by molar-refractivity contribution is -0.117. The van der Waals surface area contributed by atoms with Crippen LogP contribution in [0.1, 0.15) is 35.8 Å². The van der Waals surface area contributed by atoms with Gasteiger partial charge in [0, 0.05) is 17.3 Å². The summed E-state index contributed by atoms with van der Waals surface area (Å²) >= 11 is 0. The van der Waals surface area contributed by atoms with Gasteiger partial charge in [-0.2, -0.15) is 0 Å². The van der Waals surface area contributed by atoms with Gasteiger partial charge < -0.3 is 15.8 Å². The number of hydrogen-bond donors (Lipinski definition) is 2. The van der Waals surface area contributed by atoms with E-state index >= 15 is 0 Å². The van der Waals surface area contributed by atoms with E-state index in [0.29, 0.717) is 11.3 Å². The second-order valence-electron chi connectivity index (χ2n) is 6.01. The minimum Gasteiger partial charge on any atom is -0.497 e. The van der Waals surface area contributed by atoms with Gasteiger partial charge in [-0.3, -0.25) is 14.5 Å². The Kier molecular flexibility index (Phi) is 6.74. The predicted octanol–water partition coefficient (Wildman–Crippen LogP) is 2.82. The maximum atomic E-state index is 12.4. The molecule has 1 atom stereocenters. The zero-order valence-corrected chi connectivity index (χ0v) is 15.4. The summed E-state index contributed by atoms with van der Waals surface area (Å²) in [7, 11) is 1.64. The Morgan fingerprint density at radius 1 is 1.19 bits per heavy atom. The van der Waals surface area contributed by atoms with Crippen LogP contribution in [-0.4, -0.2) is 36.9 Å². The van der Waals surface area contributed by atoms with Crippen molar-refractivity contribution in [3.05, 3.63) is 59.7 Å². The molecule has 3 N–H and O–H groups in total. The number of hydrogen-bond acceptors (Lipinski definition) is 4. The van der Waals surface area contributed by atoms with E-state index < -0.39 is 5.91 Å². The van der Waals surface area contributed by atoms with Gasteiger partial charge in [-0.25, -0.2) is 0 Å². The van der Waals surface area contributed by atoms with E-state index in [9.17, 15) is 9.59 Å². The molecule has 0 bridgehead atoms. The molecule has 0 spiro atoms. The number of nitrogens with zero attached hydrogens (tertiary/aromatic N) is 1. The number of benzene rings is 2. The van der Waals surface area contributed by atoms with E-state index in [1.807, 2.05) is 31.2 Å². The number of ether oxygens (including phenoxy) is 1. The highest BCUT2D eigenvalue weighted by molar-refractivity contribution is 5.95. The first-order valence-electron chi connectivity index (χ1n) is 8.52. The lowest BCUT2D eigenvalue weighted by atomic mass is 10.1. The van der Waals surface area contributed by atoms with Crippen molar-refractivity contribution in [2.75, 3.05) is 25.5 Å². The summed E-state index contributed by atoms with van der Waals surface area (Å²) in [5.41, 5.74) is 7.34. The van der Waals surface area contributed by atoms with Crippen molar-refractivity contribution < 1.29 is 14.3 Å². The molecular weight excluding hydrogens is 330 g/mol. The fourth-order valence-electron chi connectivity index (χ4n) is 2.74. The van der Waals surface area contributed by atoms with Crippen LogP contribution in [0.5, 0.6) is 5.75 Å². The maximum Gasteiger partial charge on any atom is 0.248 e. The zero-order chi connectivity index (χ0) is 19.1. The van der Waals surface area contributed by atoms with Crippen molar-refractivity contribution in [3.8, 4) is 5.75 Å². The molecule has 26 heavy (non-hydrogen) atoms. The Hall–Kier alpha value is -2.86. The van der Waals surface area contributed by atoms with Gasteiger partial charge >= 0.3 is 0 Å². The van der Waals surface area contributed by atoms with Crippen molar-refractivity contribution in [1.29, 1.82) is 0 Å². The summed E-state index contributed by atoms with van der Waals surface area (Å²) in [5, 5.41) is 2.84. The minimum absolute atomic E-state index is 0.0677. The zero-order valence-electron chi connectivity index (χ0n) is 15.4. The summed E-state index contributed by atoms with van der Waals surface area (Å²) in [4.78, 5) is 25.6. The van der Waals surface area contributed by atoms with Crippen LogP contribution in [0.15, 0.2) is 48.5 Å². The maximum absolute atomic E-state index is 12.4. The highest BCUT2D eigenvalue weighted by atomic mass is 16.5. The molecule has 6 nitrogen and oxygen atoms in total. The summed E-state index contributed by atoms with van der Waals surface area (Å²) in [6.07, 6.45) is 0. The van der Waals surface area contributed by atoms with Crippen LogP contribution in [0.25, 0.3) is 0 Å². The fraction of sp³-hybridized carbons (Fsp3) is 0.300. The number of rotatable bonds is 8. The Bertz CT molecular complexity index is 759. The Labute approximate surface area is 153 Å². The third-order valence-electron chi connectivity index (χ3n) is 4.33. The molecule has 0 aliphatic rings. The number of nitrogens with two attached hydrogens (primary N) is 1. The molecule has 0 saturated heterocycles. The quantitative estimate of drug-likeness (QED) is 0.762. The van der Waals surface area contributed by atoms with Gasteiger partial charge in [0.15, 0.2) is 0 Å².